The molecule has 0 saturated carbocycles. The van der Waals surface area contributed by atoms with Gasteiger partial charge in [0.1, 0.15) is 5.69 Å². The molecule has 128 valence electrons. The summed E-state index contributed by atoms with van der Waals surface area (Å²) in [5, 5.41) is 7.94. The van der Waals surface area contributed by atoms with Crippen LogP contribution in [-0.4, -0.2) is 20.5 Å². The number of benzene rings is 2. The molecule has 0 unspecified atom stereocenters. The van der Waals surface area contributed by atoms with Gasteiger partial charge in [-0.15, -0.1) is 0 Å². The topological polar surface area (TPSA) is 59.3 Å². The van der Waals surface area contributed by atoms with E-state index in [2.05, 4.69) is 15.4 Å². The Bertz CT molecular complexity index is 1060. The van der Waals surface area contributed by atoms with E-state index < -0.39 is 0 Å². The van der Waals surface area contributed by atoms with E-state index in [-0.39, 0.29) is 5.91 Å². The molecule has 0 aliphatic heterocycles. The fourth-order valence-electron chi connectivity index (χ4n) is 2.77. The van der Waals surface area contributed by atoms with Gasteiger partial charge in [-0.3, -0.25) is 4.79 Å². The Morgan fingerprint density at radius 2 is 1.81 bits per heavy atom. The first-order chi connectivity index (χ1) is 12.7. The second-order valence-electron chi connectivity index (χ2n) is 5.86. The Hall–Kier alpha value is -3.18. The second kappa shape index (κ2) is 6.98. The molecule has 0 radical (unpaired) electrons. The third kappa shape index (κ3) is 3.30. The molecule has 6 heteroatoms. The van der Waals surface area contributed by atoms with Crippen molar-refractivity contribution in [1.29, 1.82) is 0 Å². The number of nitrogens with one attached hydrogen (secondary N) is 1. The fourth-order valence-corrected chi connectivity index (χ4v) is 2.90. The van der Waals surface area contributed by atoms with Gasteiger partial charge in [-0.1, -0.05) is 41.9 Å². The minimum Gasteiger partial charge on any atom is -0.321 e. The van der Waals surface area contributed by atoms with Gasteiger partial charge in [0.15, 0.2) is 5.65 Å². The lowest BCUT2D eigenvalue weighted by atomic mass is 10.1. The zero-order chi connectivity index (χ0) is 17.9. The van der Waals surface area contributed by atoms with Crippen molar-refractivity contribution < 1.29 is 4.79 Å². The van der Waals surface area contributed by atoms with Gasteiger partial charge >= 0.3 is 0 Å². The number of fused-ring (bicyclic) bond motifs is 1. The number of nitrogens with zero attached hydrogens (tertiary/aromatic N) is 3. The fraction of sp³-hybridized carbons (Fsp3) is 0.0500. The number of rotatable bonds is 4. The number of hydrogen-bond donors (Lipinski definition) is 1. The van der Waals surface area contributed by atoms with Crippen LogP contribution in [-0.2, 0) is 6.42 Å². The summed E-state index contributed by atoms with van der Waals surface area (Å²) in [4.78, 5) is 17.0. The summed E-state index contributed by atoms with van der Waals surface area (Å²) in [5.41, 5.74) is 3.88. The van der Waals surface area contributed by atoms with Crippen molar-refractivity contribution in [3.63, 3.8) is 0 Å². The molecule has 1 N–H and O–H groups in total. The summed E-state index contributed by atoms with van der Waals surface area (Å²) in [6.45, 7) is 0. The molecular weight excluding hydrogens is 348 g/mol. The van der Waals surface area contributed by atoms with Crippen LogP contribution in [0.5, 0.6) is 0 Å². The molecule has 0 spiro atoms. The van der Waals surface area contributed by atoms with Crippen molar-refractivity contribution >= 4 is 28.8 Å². The first-order valence-corrected chi connectivity index (χ1v) is 8.51. The highest BCUT2D eigenvalue weighted by molar-refractivity contribution is 6.30. The van der Waals surface area contributed by atoms with Crippen LogP contribution in [0.25, 0.3) is 5.65 Å². The van der Waals surface area contributed by atoms with Crippen molar-refractivity contribution in [2.75, 3.05) is 5.32 Å². The van der Waals surface area contributed by atoms with Crippen molar-refractivity contribution in [2.45, 2.75) is 6.42 Å². The van der Waals surface area contributed by atoms with Crippen LogP contribution in [0.15, 0.2) is 73.1 Å². The Morgan fingerprint density at radius 3 is 2.58 bits per heavy atom. The van der Waals surface area contributed by atoms with E-state index in [9.17, 15) is 4.79 Å². The average molecular weight is 363 g/mol. The van der Waals surface area contributed by atoms with Crippen molar-refractivity contribution in [3.8, 4) is 0 Å². The molecule has 26 heavy (non-hydrogen) atoms. The molecule has 4 aromatic rings. The van der Waals surface area contributed by atoms with Gasteiger partial charge in [0, 0.05) is 28.9 Å². The van der Waals surface area contributed by atoms with Crippen LogP contribution < -0.4 is 5.32 Å². The van der Waals surface area contributed by atoms with Gasteiger partial charge < -0.3 is 5.32 Å². The lowest BCUT2D eigenvalue weighted by Gasteiger charge is -2.07. The molecule has 0 aliphatic carbocycles. The van der Waals surface area contributed by atoms with Gasteiger partial charge in [0.2, 0.25) is 0 Å². The molecule has 5 nitrogen and oxygen atoms in total. The molecule has 0 atom stereocenters. The molecular formula is C20H15ClN4O. The smallest absolute Gasteiger partial charge is 0.274 e. The lowest BCUT2D eigenvalue weighted by Crippen LogP contribution is -2.16. The summed E-state index contributed by atoms with van der Waals surface area (Å²) >= 11 is 5.94. The summed E-state index contributed by atoms with van der Waals surface area (Å²) < 4.78 is 1.57. The average Bonchev–Trinajstić information content (AvgIpc) is 3.07. The van der Waals surface area contributed by atoms with Gasteiger partial charge in [-0.2, -0.15) is 5.10 Å². The number of hydrogen-bond acceptors (Lipinski definition) is 3. The number of para-hydroxylation sites is 1. The molecule has 0 fully saturated rings. The summed E-state index contributed by atoms with van der Waals surface area (Å²) in [6.07, 6.45) is 4.04. The SMILES string of the molecule is O=C(Nc1ccccc1)c1ccnc2c(Cc3ccc(Cl)cc3)cnn12. The van der Waals surface area contributed by atoms with Crippen LogP contribution in [0.1, 0.15) is 21.6 Å². The van der Waals surface area contributed by atoms with Gasteiger partial charge in [-0.25, -0.2) is 9.50 Å². The maximum Gasteiger partial charge on any atom is 0.274 e. The maximum atomic E-state index is 12.6. The number of anilines is 1. The van der Waals surface area contributed by atoms with E-state index in [0.29, 0.717) is 22.8 Å². The van der Waals surface area contributed by atoms with Gasteiger partial charge in [0.05, 0.1) is 6.20 Å². The van der Waals surface area contributed by atoms with Crippen molar-refractivity contribution in [3.05, 3.63) is 94.9 Å². The zero-order valence-electron chi connectivity index (χ0n) is 13.8. The minimum atomic E-state index is -0.232. The number of aromatic nitrogens is 3. The Kier molecular flexibility index (Phi) is 4.37. The number of amides is 1. The predicted molar refractivity (Wildman–Crippen MR) is 102 cm³/mol. The van der Waals surface area contributed by atoms with Gasteiger partial charge in [-0.05, 0) is 35.9 Å². The molecule has 1 amide bonds. The Labute approximate surface area is 155 Å². The van der Waals surface area contributed by atoms with E-state index in [1.165, 1.54) is 0 Å². The summed E-state index contributed by atoms with van der Waals surface area (Å²) in [6, 6.07) is 18.6. The van der Waals surface area contributed by atoms with Crippen molar-refractivity contribution in [1.82, 2.24) is 14.6 Å². The highest BCUT2D eigenvalue weighted by atomic mass is 35.5. The van der Waals surface area contributed by atoms with Crippen LogP contribution >= 0.6 is 11.6 Å². The standard InChI is InChI=1S/C20H15ClN4O/c21-16-8-6-14(7-9-16)12-15-13-23-25-18(10-11-22-19(15)25)20(26)24-17-4-2-1-3-5-17/h1-11,13H,12H2,(H,24,26). The quantitative estimate of drug-likeness (QED) is 0.591. The molecule has 2 aromatic carbocycles. The minimum absolute atomic E-state index is 0.232. The zero-order valence-corrected chi connectivity index (χ0v) is 14.5. The maximum absolute atomic E-state index is 12.6. The number of halogens is 1. The normalized spacial score (nSPS) is 10.8. The Morgan fingerprint density at radius 1 is 1.04 bits per heavy atom. The summed E-state index contributed by atoms with van der Waals surface area (Å²) in [5.74, 6) is -0.232. The molecule has 0 saturated heterocycles. The number of carbonyl (C=O) groups is 1. The van der Waals surface area contributed by atoms with Crippen LogP contribution in [0.3, 0.4) is 0 Å². The highest BCUT2D eigenvalue weighted by Crippen LogP contribution is 2.18. The molecule has 0 aliphatic rings. The van der Waals surface area contributed by atoms with Crippen molar-refractivity contribution in [2.24, 2.45) is 0 Å². The molecule has 4 rings (SSSR count). The van der Waals surface area contributed by atoms with Crippen LogP contribution in [0, 0.1) is 0 Å². The largest absolute Gasteiger partial charge is 0.321 e. The van der Waals surface area contributed by atoms with E-state index in [4.69, 9.17) is 11.6 Å². The third-order valence-corrected chi connectivity index (χ3v) is 4.30. The lowest BCUT2D eigenvalue weighted by molar-refractivity contribution is 0.102. The number of carbonyl (C=O) groups excluding carboxylic acids is 1. The highest BCUT2D eigenvalue weighted by Gasteiger charge is 2.14. The van der Waals surface area contributed by atoms with E-state index >= 15 is 0 Å². The first kappa shape index (κ1) is 16.3. The monoisotopic (exact) mass is 362 g/mol. The molecule has 2 heterocycles. The van der Waals surface area contributed by atoms with E-state index in [1.54, 1.807) is 23.0 Å². The summed E-state index contributed by atoms with van der Waals surface area (Å²) in [7, 11) is 0. The van der Waals surface area contributed by atoms with Gasteiger partial charge in [0.25, 0.3) is 5.91 Å². The molecule has 2 aromatic heterocycles. The third-order valence-electron chi connectivity index (χ3n) is 4.05. The van der Waals surface area contributed by atoms with E-state index in [0.717, 1.165) is 16.8 Å². The second-order valence-corrected chi connectivity index (χ2v) is 6.30. The Balaban J connectivity index is 1.64. The van der Waals surface area contributed by atoms with Crippen LogP contribution in [0.4, 0.5) is 5.69 Å². The molecule has 0 bridgehead atoms. The first-order valence-electron chi connectivity index (χ1n) is 8.13. The van der Waals surface area contributed by atoms with Crippen LogP contribution in [0.2, 0.25) is 5.02 Å². The predicted octanol–water partition coefficient (Wildman–Crippen LogP) is 4.23. The van der Waals surface area contributed by atoms with E-state index in [1.807, 2.05) is 54.6 Å².